The van der Waals surface area contributed by atoms with Crippen molar-refractivity contribution < 1.29 is 4.74 Å². The highest BCUT2D eigenvalue weighted by atomic mass is 16.5. The third-order valence-electron chi connectivity index (χ3n) is 3.88. The van der Waals surface area contributed by atoms with Crippen molar-refractivity contribution in [3.8, 4) is 0 Å². The van der Waals surface area contributed by atoms with Crippen molar-refractivity contribution in [2.75, 3.05) is 50.5 Å². The fraction of sp³-hybridized carbons (Fsp3) is 0.571. The normalized spacial score (nSPS) is 20.8. The molecule has 1 aromatic carbocycles. The number of rotatable bonds is 1. The van der Waals surface area contributed by atoms with Crippen LogP contribution in [0.2, 0.25) is 0 Å². The van der Waals surface area contributed by atoms with E-state index >= 15 is 0 Å². The van der Waals surface area contributed by atoms with E-state index in [9.17, 15) is 0 Å². The van der Waals surface area contributed by atoms with E-state index in [4.69, 9.17) is 10.5 Å². The van der Waals surface area contributed by atoms with E-state index in [-0.39, 0.29) is 0 Å². The number of benzene rings is 1. The summed E-state index contributed by atoms with van der Waals surface area (Å²) in [5, 5.41) is 0. The van der Waals surface area contributed by atoms with E-state index in [0.29, 0.717) is 0 Å². The van der Waals surface area contributed by atoms with Gasteiger partial charge in [-0.1, -0.05) is 0 Å². The van der Waals surface area contributed by atoms with Crippen LogP contribution in [0.5, 0.6) is 0 Å². The maximum atomic E-state index is 6.06. The number of anilines is 2. The molecule has 1 saturated heterocycles. The summed E-state index contributed by atoms with van der Waals surface area (Å²) in [6.45, 7) is 5.75. The van der Waals surface area contributed by atoms with Crippen molar-refractivity contribution in [2.45, 2.75) is 13.0 Å². The van der Waals surface area contributed by atoms with Gasteiger partial charge in [-0.05, 0) is 36.7 Å². The molecule has 3 rings (SSSR count). The number of ether oxygens (including phenoxy) is 1. The van der Waals surface area contributed by atoms with Crippen molar-refractivity contribution in [1.82, 2.24) is 4.90 Å². The number of hydrogen-bond acceptors (Lipinski definition) is 4. The quantitative estimate of drug-likeness (QED) is 0.754. The Kier molecular flexibility index (Phi) is 3.14. The van der Waals surface area contributed by atoms with E-state index in [1.807, 2.05) is 0 Å². The lowest BCUT2D eigenvalue weighted by Crippen LogP contribution is -2.38. The molecule has 0 spiro atoms. The molecule has 2 aliphatic heterocycles. The molecule has 0 aromatic heterocycles. The van der Waals surface area contributed by atoms with Gasteiger partial charge in [-0.3, -0.25) is 0 Å². The van der Waals surface area contributed by atoms with Crippen LogP contribution in [0.4, 0.5) is 11.4 Å². The maximum absolute atomic E-state index is 6.06. The van der Waals surface area contributed by atoms with Gasteiger partial charge >= 0.3 is 0 Å². The SMILES string of the molecule is CN1CCc2c(cc(N)cc2N2CCOCC2)C1. The Labute approximate surface area is 108 Å². The first-order valence-corrected chi connectivity index (χ1v) is 6.66. The number of fused-ring (bicyclic) bond motifs is 1. The minimum atomic E-state index is 0.823. The largest absolute Gasteiger partial charge is 0.399 e. The molecular formula is C14H21N3O. The van der Waals surface area contributed by atoms with Crippen molar-refractivity contribution in [1.29, 1.82) is 0 Å². The van der Waals surface area contributed by atoms with Gasteiger partial charge in [0.25, 0.3) is 0 Å². The summed E-state index contributed by atoms with van der Waals surface area (Å²) >= 11 is 0. The zero-order chi connectivity index (χ0) is 12.5. The number of morpholine rings is 1. The van der Waals surface area contributed by atoms with Crippen LogP contribution in [-0.2, 0) is 17.7 Å². The third-order valence-corrected chi connectivity index (χ3v) is 3.88. The zero-order valence-electron chi connectivity index (χ0n) is 11.0. The molecule has 1 fully saturated rings. The fourth-order valence-corrected chi connectivity index (χ4v) is 2.93. The molecule has 0 bridgehead atoms. The molecule has 4 heteroatoms. The van der Waals surface area contributed by atoms with Gasteiger partial charge in [0.05, 0.1) is 13.2 Å². The van der Waals surface area contributed by atoms with Crippen LogP contribution in [0.3, 0.4) is 0 Å². The Balaban J connectivity index is 1.97. The van der Waals surface area contributed by atoms with Gasteiger partial charge in [0.15, 0.2) is 0 Å². The minimum Gasteiger partial charge on any atom is -0.399 e. The summed E-state index contributed by atoms with van der Waals surface area (Å²) in [6, 6.07) is 4.27. The lowest BCUT2D eigenvalue weighted by molar-refractivity contribution is 0.122. The van der Waals surface area contributed by atoms with Crippen LogP contribution >= 0.6 is 0 Å². The fourth-order valence-electron chi connectivity index (χ4n) is 2.93. The lowest BCUT2D eigenvalue weighted by atomic mass is 9.96. The summed E-state index contributed by atoms with van der Waals surface area (Å²) in [4.78, 5) is 4.77. The Morgan fingerprint density at radius 1 is 1.17 bits per heavy atom. The molecule has 1 aromatic rings. The van der Waals surface area contributed by atoms with Gasteiger partial charge < -0.3 is 20.3 Å². The minimum absolute atomic E-state index is 0.823. The summed E-state index contributed by atoms with van der Waals surface area (Å²) in [6.07, 6.45) is 1.12. The third kappa shape index (κ3) is 2.18. The van der Waals surface area contributed by atoms with Gasteiger partial charge in [-0.15, -0.1) is 0 Å². The highest BCUT2D eigenvalue weighted by molar-refractivity contribution is 5.65. The number of nitrogens with zero attached hydrogens (tertiary/aromatic N) is 2. The van der Waals surface area contributed by atoms with E-state index < -0.39 is 0 Å². The van der Waals surface area contributed by atoms with E-state index in [1.54, 1.807) is 0 Å². The van der Waals surface area contributed by atoms with Gasteiger partial charge in [-0.2, -0.15) is 0 Å². The average Bonchev–Trinajstić information content (AvgIpc) is 2.38. The average molecular weight is 247 g/mol. The second kappa shape index (κ2) is 4.78. The van der Waals surface area contributed by atoms with Crippen molar-refractivity contribution in [2.24, 2.45) is 0 Å². The van der Waals surface area contributed by atoms with Gasteiger partial charge in [0.1, 0.15) is 0 Å². The first-order valence-electron chi connectivity index (χ1n) is 6.66. The van der Waals surface area contributed by atoms with Crippen LogP contribution in [0, 0.1) is 0 Å². The first-order chi connectivity index (χ1) is 8.74. The number of hydrogen-bond donors (Lipinski definition) is 1. The molecule has 0 amide bonds. The predicted molar refractivity (Wildman–Crippen MR) is 73.9 cm³/mol. The number of nitrogens with two attached hydrogens (primary N) is 1. The molecule has 98 valence electrons. The summed E-state index contributed by atoms with van der Waals surface area (Å²) in [7, 11) is 2.17. The first kappa shape index (κ1) is 11.8. The highest BCUT2D eigenvalue weighted by Crippen LogP contribution is 2.31. The van der Waals surface area contributed by atoms with Gasteiger partial charge in [0, 0.05) is 37.6 Å². The molecule has 2 heterocycles. The second-order valence-corrected chi connectivity index (χ2v) is 5.26. The number of nitrogen functional groups attached to an aromatic ring is 1. The van der Waals surface area contributed by atoms with Crippen LogP contribution in [0.15, 0.2) is 12.1 Å². The summed E-state index contributed by atoms with van der Waals surface area (Å²) < 4.78 is 5.43. The molecule has 2 N–H and O–H groups in total. The van der Waals surface area contributed by atoms with Gasteiger partial charge in [-0.25, -0.2) is 0 Å². The molecule has 0 atom stereocenters. The van der Waals surface area contributed by atoms with Gasteiger partial charge in [0.2, 0.25) is 0 Å². The summed E-state index contributed by atoms with van der Waals surface area (Å²) in [5.41, 5.74) is 11.2. The van der Waals surface area contributed by atoms with Crippen LogP contribution < -0.4 is 10.6 Å². The van der Waals surface area contributed by atoms with E-state index in [2.05, 4.69) is 29.0 Å². The molecule has 0 unspecified atom stereocenters. The Hall–Kier alpha value is -1.26. The molecule has 2 aliphatic rings. The zero-order valence-corrected chi connectivity index (χ0v) is 11.0. The van der Waals surface area contributed by atoms with Crippen LogP contribution in [0.1, 0.15) is 11.1 Å². The standard InChI is InChI=1S/C14H21N3O/c1-16-3-2-13-11(10-16)8-12(15)9-14(13)17-4-6-18-7-5-17/h8-9H,2-7,10,15H2,1H3. The predicted octanol–water partition coefficient (Wildman–Crippen LogP) is 1.09. The van der Waals surface area contributed by atoms with E-state index in [0.717, 1.165) is 51.5 Å². The van der Waals surface area contributed by atoms with E-state index in [1.165, 1.54) is 16.8 Å². The molecule has 4 nitrogen and oxygen atoms in total. The van der Waals surface area contributed by atoms with Crippen molar-refractivity contribution in [3.05, 3.63) is 23.3 Å². The highest BCUT2D eigenvalue weighted by Gasteiger charge is 2.21. The second-order valence-electron chi connectivity index (χ2n) is 5.26. The van der Waals surface area contributed by atoms with Crippen molar-refractivity contribution >= 4 is 11.4 Å². The van der Waals surface area contributed by atoms with Crippen molar-refractivity contribution in [3.63, 3.8) is 0 Å². The molecular weight excluding hydrogens is 226 g/mol. The van der Waals surface area contributed by atoms with Crippen LogP contribution in [-0.4, -0.2) is 44.8 Å². The molecule has 0 aliphatic carbocycles. The smallest absolute Gasteiger partial charge is 0.0642 e. The Bertz CT molecular complexity index is 441. The lowest BCUT2D eigenvalue weighted by Gasteiger charge is -2.34. The molecule has 18 heavy (non-hydrogen) atoms. The Morgan fingerprint density at radius 2 is 1.94 bits per heavy atom. The molecule has 0 radical (unpaired) electrons. The summed E-state index contributed by atoms with van der Waals surface area (Å²) in [5.74, 6) is 0. The Morgan fingerprint density at radius 3 is 2.72 bits per heavy atom. The number of likely N-dealkylation sites (N-methyl/N-ethyl adjacent to an activating group) is 1. The monoisotopic (exact) mass is 247 g/mol. The van der Waals surface area contributed by atoms with Crippen LogP contribution in [0.25, 0.3) is 0 Å². The maximum Gasteiger partial charge on any atom is 0.0642 e. The molecule has 0 saturated carbocycles. The topological polar surface area (TPSA) is 41.7 Å².